The first-order valence-corrected chi connectivity index (χ1v) is 7.41. The smallest absolute Gasteiger partial charge is 0.331 e. The molecule has 0 fully saturated rings. The number of nitrogens with one attached hydrogen (secondary N) is 1. The molecule has 0 saturated carbocycles. The largest absolute Gasteiger partial charge is 0.370 e. The Morgan fingerprint density at radius 3 is 2.50 bits per heavy atom. The third-order valence-corrected chi connectivity index (χ3v) is 3.61. The monoisotopic (exact) mass is 340 g/mol. The minimum absolute atomic E-state index is 0.222. The number of carbonyl (C=O) groups excluding carboxylic acids is 1. The fourth-order valence-corrected chi connectivity index (χ4v) is 2.72. The van der Waals surface area contributed by atoms with Gasteiger partial charge in [-0.1, -0.05) is 19.1 Å². The maximum absolute atomic E-state index is 12.6. The summed E-state index contributed by atoms with van der Waals surface area (Å²) in [5.74, 6) is -0.222. The number of benzene rings is 1. The van der Waals surface area contributed by atoms with E-state index in [0.29, 0.717) is 13.1 Å². The molecule has 3 N–H and O–H groups in total. The molecule has 0 atom stereocenters. The predicted molar refractivity (Wildman–Crippen MR) is 86.2 cm³/mol. The average Bonchev–Trinajstić information content (AvgIpc) is 2.39. The van der Waals surface area contributed by atoms with Crippen LogP contribution in [0.1, 0.15) is 25.8 Å². The summed E-state index contributed by atoms with van der Waals surface area (Å²) >= 11 is 3.48. The minimum atomic E-state index is -0.267. The zero-order chi connectivity index (χ0) is 15.3. The van der Waals surface area contributed by atoms with Crippen LogP contribution in [0.2, 0.25) is 0 Å². The number of carbonyl (C=O) groups is 1. The van der Waals surface area contributed by atoms with Gasteiger partial charge >= 0.3 is 6.03 Å². The number of anilines is 1. The second-order valence-corrected chi connectivity index (χ2v) is 5.32. The Labute approximate surface area is 128 Å². The molecule has 0 aliphatic heterocycles. The molecule has 0 unspecified atom stereocenters. The van der Waals surface area contributed by atoms with Gasteiger partial charge in [0.25, 0.3) is 0 Å². The van der Waals surface area contributed by atoms with Crippen molar-refractivity contribution in [2.24, 2.45) is 5.73 Å². The number of rotatable bonds is 4. The highest BCUT2D eigenvalue weighted by Gasteiger charge is 2.25. The average molecular weight is 341 g/mol. The number of amides is 2. The third kappa shape index (κ3) is 3.50. The van der Waals surface area contributed by atoms with Gasteiger partial charge in [0, 0.05) is 17.6 Å². The first kappa shape index (κ1) is 16.5. The molecular weight excluding hydrogens is 320 g/mol. The molecule has 20 heavy (non-hydrogen) atoms. The van der Waals surface area contributed by atoms with Crippen LogP contribution >= 0.6 is 15.9 Å². The Hall–Kier alpha value is -1.56. The number of aryl methyl sites for hydroxylation is 1. The maximum Gasteiger partial charge on any atom is 0.331 e. The summed E-state index contributed by atoms with van der Waals surface area (Å²) in [6.45, 7) is 6.75. The van der Waals surface area contributed by atoms with Crippen molar-refractivity contribution in [2.75, 3.05) is 18.0 Å². The molecule has 0 bridgehead atoms. The van der Waals surface area contributed by atoms with E-state index in [-0.39, 0.29) is 12.0 Å². The zero-order valence-corrected chi connectivity index (χ0v) is 13.7. The highest BCUT2D eigenvalue weighted by Crippen LogP contribution is 2.30. The van der Waals surface area contributed by atoms with Crippen molar-refractivity contribution in [2.45, 2.75) is 27.2 Å². The number of para-hydroxylation sites is 1. The molecular formula is C14H21BrN4O. The van der Waals surface area contributed by atoms with Crippen LogP contribution in [-0.2, 0) is 0 Å². The lowest BCUT2D eigenvalue weighted by Crippen LogP contribution is -2.49. The molecule has 5 nitrogen and oxygen atoms in total. The number of nitrogens with zero attached hydrogens (tertiary/aromatic N) is 2. The molecule has 0 radical (unpaired) electrons. The minimum Gasteiger partial charge on any atom is -0.370 e. The lowest BCUT2D eigenvalue weighted by atomic mass is 10.2. The molecule has 0 aliphatic rings. The summed E-state index contributed by atoms with van der Waals surface area (Å²) in [4.78, 5) is 15.6. The fraction of sp³-hybridized carbons (Fsp3) is 0.429. The van der Waals surface area contributed by atoms with Crippen LogP contribution in [0.3, 0.4) is 0 Å². The summed E-state index contributed by atoms with van der Waals surface area (Å²) in [5, 5.41) is 7.57. The lowest BCUT2D eigenvalue weighted by molar-refractivity contribution is 0.226. The highest BCUT2D eigenvalue weighted by atomic mass is 79.9. The molecule has 2 amide bonds. The van der Waals surface area contributed by atoms with Gasteiger partial charge in [-0.15, -0.1) is 0 Å². The fourth-order valence-electron chi connectivity index (χ4n) is 2.04. The Bertz CT molecular complexity index is 484. The van der Waals surface area contributed by atoms with E-state index in [9.17, 15) is 4.79 Å². The van der Waals surface area contributed by atoms with Crippen LogP contribution in [0.4, 0.5) is 10.5 Å². The molecule has 1 aromatic carbocycles. The highest BCUT2D eigenvalue weighted by molar-refractivity contribution is 9.10. The number of nitrogens with two attached hydrogens (primary N) is 1. The van der Waals surface area contributed by atoms with Gasteiger partial charge in [0.2, 0.25) is 0 Å². The Balaban J connectivity index is 3.18. The van der Waals surface area contributed by atoms with Gasteiger partial charge in [-0.05, 0) is 47.8 Å². The van der Waals surface area contributed by atoms with Gasteiger partial charge in [0.15, 0.2) is 5.96 Å². The molecule has 0 saturated heterocycles. The van der Waals surface area contributed by atoms with Gasteiger partial charge in [0.1, 0.15) is 0 Å². The zero-order valence-electron chi connectivity index (χ0n) is 12.1. The Kier molecular flexibility index (Phi) is 6.01. The van der Waals surface area contributed by atoms with Gasteiger partial charge < -0.3 is 5.73 Å². The second-order valence-electron chi connectivity index (χ2n) is 4.47. The Morgan fingerprint density at radius 1 is 1.40 bits per heavy atom. The van der Waals surface area contributed by atoms with E-state index in [1.165, 1.54) is 4.90 Å². The van der Waals surface area contributed by atoms with Crippen molar-refractivity contribution in [3.05, 3.63) is 28.2 Å². The molecule has 6 heteroatoms. The van der Waals surface area contributed by atoms with Crippen LogP contribution < -0.4 is 10.6 Å². The molecule has 0 aliphatic carbocycles. The van der Waals surface area contributed by atoms with Crippen LogP contribution in [0.25, 0.3) is 0 Å². The predicted octanol–water partition coefficient (Wildman–Crippen LogP) is 3.31. The van der Waals surface area contributed by atoms with Gasteiger partial charge in [-0.25, -0.2) is 4.79 Å². The quantitative estimate of drug-likeness (QED) is 0.651. The molecule has 0 aromatic heterocycles. The second kappa shape index (κ2) is 7.28. The summed E-state index contributed by atoms with van der Waals surface area (Å²) in [6, 6.07) is 5.51. The topological polar surface area (TPSA) is 73.4 Å². The summed E-state index contributed by atoms with van der Waals surface area (Å²) < 4.78 is 0.854. The molecule has 110 valence electrons. The first-order chi connectivity index (χ1) is 9.43. The van der Waals surface area contributed by atoms with E-state index in [1.807, 2.05) is 39.0 Å². The van der Waals surface area contributed by atoms with Crippen molar-refractivity contribution in [1.82, 2.24) is 4.90 Å². The number of urea groups is 1. The number of hydrogen-bond acceptors (Lipinski definition) is 2. The molecule has 1 aromatic rings. The first-order valence-electron chi connectivity index (χ1n) is 6.62. The summed E-state index contributed by atoms with van der Waals surface area (Å²) in [7, 11) is 0. The van der Waals surface area contributed by atoms with E-state index in [0.717, 1.165) is 22.1 Å². The van der Waals surface area contributed by atoms with E-state index < -0.39 is 0 Å². The molecule has 1 rings (SSSR count). The standard InChI is InChI=1S/C14H21BrN4O/c1-4-9-19(13(16)17)14(20)18(5-2)12-10(3)7-6-8-11(12)15/h6-8H,4-5,9H2,1-3H3,(H3,16,17). The number of guanidine groups is 1. The number of halogens is 1. The van der Waals surface area contributed by atoms with Crippen molar-refractivity contribution >= 4 is 33.6 Å². The van der Waals surface area contributed by atoms with E-state index in [4.69, 9.17) is 11.1 Å². The van der Waals surface area contributed by atoms with E-state index in [1.54, 1.807) is 4.90 Å². The SMILES string of the molecule is CCCN(C(=N)N)C(=O)N(CC)c1c(C)cccc1Br. The summed E-state index contributed by atoms with van der Waals surface area (Å²) in [6.07, 6.45) is 0.748. The van der Waals surface area contributed by atoms with Crippen molar-refractivity contribution in [3.8, 4) is 0 Å². The Morgan fingerprint density at radius 2 is 2.05 bits per heavy atom. The molecule has 0 spiro atoms. The van der Waals surface area contributed by atoms with Gasteiger partial charge in [-0.3, -0.25) is 15.2 Å². The molecule has 0 heterocycles. The van der Waals surface area contributed by atoms with Gasteiger partial charge in [-0.2, -0.15) is 0 Å². The lowest BCUT2D eigenvalue weighted by Gasteiger charge is -2.30. The summed E-state index contributed by atoms with van der Waals surface area (Å²) in [5.41, 5.74) is 7.34. The van der Waals surface area contributed by atoms with E-state index in [2.05, 4.69) is 15.9 Å². The van der Waals surface area contributed by atoms with Crippen molar-refractivity contribution < 1.29 is 4.79 Å². The maximum atomic E-state index is 12.6. The van der Waals surface area contributed by atoms with Crippen LogP contribution in [0, 0.1) is 12.3 Å². The van der Waals surface area contributed by atoms with Gasteiger partial charge in [0.05, 0.1) is 5.69 Å². The van der Waals surface area contributed by atoms with E-state index >= 15 is 0 Å². The van der Waals surface area contributed by atoms with Crippen molar-refractivity contribution in [1.29, 1.82) is 5.41 Å². The number of hydrogen-bond donors (Lipinski definition) is 2. The van der Waals surface area contributed by atoms with Crippen LogP contribution in [-0.4, -0.2) is 30.0 Å². The van der Waals surface area contributed by atoms with Crippen molar-refractivity contribution in [3.63, 3.8) is 0 Å². The van der Waals surface area contributed by atoms with Crippen LogP contribution in [0.5, 0.6) is 0 Å². The normalized spacial score (nSPS) is 10.2. The van der Waals surface area contributed by atoms with Crippen LogP contribution in [0.15, 0.2) is 22.7 Å². The third-order valence-electron chi connectivity index (χ3n) is 2.97.